The van der Waals surface area contributed by atoms with Crippen molar-refractivity contribution in [2.75, 3.05) is 7.11 Å². The van der Waals surface area contributed by atoms with Gasteiger partial charge in [-0.1, -0.05) is 44.1 Å². The van der Waals surface area contributed by atoms with E-state index in [0.717, 1.165) is 22.1 Å². The zero-order chi connectivity index (χ0) is 20.1. The Balaban J connectivity index is 1.46. The van der Waals surface area contributed by atoms with Crippen molar-refractivity contribution in [3.05, 3.63) is 53.7 Å². The molecule has 1 heterocycles. The number of aromatic nitrogens is 2. The highest BCUT2D eigenvalue weighted by Crippen LogP contribution is 2.22. The summed E-state index contributed by atoms with van der Waals surface area (Å²) in [4.78, 5) is 16.4. The summed E-state index contributed by atoms with van der Waals surface area (Å²) >= 11 is 0. The molecule has 1 aromatic heterocycles. The maximum atomic E-state index is 12.0. The number of fused-ring (bicyclic) bond motifs is 1. The molecule has 0 atom stereocenters. The Kier molecular flexibility index (Phi) is 5.97. The number of hydrogen-bond acceptors (Lipinski definition) is 6. The minimum absolute atomic E-state index is 0.147. The number of benzene rings is 2. The molecule has 28 heavy (non-hydrogen) atoms. The van der Waals surface area contributed by atoms with Crippen LogP contribution in [0.5, 0.6) is 5.75 Å². The van der Waals surface area contributed by atoms with Gasteiger partial charge in [0, 0.05) is 18.3 Å². The topological polar surface area (TPSA) is 74.5 Å². The molecule has 6 nitrogen and oxygen atoms in total. The van der Waals surface area contributed by atoms with Crippen molar-refractivity contribution in [3.63, 3.8) is 0 Å². The van der Waals surface area contributed by atoms with Gasteiger partial charge < -0.3 is 14.0 Å². The number of nitrogens with zero attached hydrogens (tertiary/aromatic N) is 2. The van der Waals surface area contributed by atoms with Crippen molar-refractivity contribution in [1.29, 1.82) is 0 Å². The monoisotopic (exact) mass is 382 g/mol. The number of carbonyl (C=O) groups excluding carboxylic acids is 1. The molecule has 0 radical (unpaired) electrons. The average molecular weight is 382 g/mol. The minimum Gasteiger partial charge on any atom is -0.497 e. The minimum atomic E-state index is -0.231. The second kappa shape index (κ2) is 8.42. The van der Waals surface area contributed by atoms with E-state index in [1.165, 1.54) is 0 Å². The molecular weight excluding hydrogens is 356 g/mol. The van der Waals surface area contributed by atoms with E-state index < -0.39 is 0 Å². The van der Waals surface area contributed by atoms with Gasteiger partial charge in [-0.25, -0.2) is 0 Å². The molecule has 0 fully saturated rings. The summed E-state index contributed by atoms with van der Waals surface area (Å²) in [6.45, 7) is 6.35. The summed E-state index contributed by atoms with van der Waals surface area (Å²) in [5, 5.41) is 6.16. The number of rotatable bonds is 7. The number of methoxy groups -OCH3 is 1. The molecule has 0 aliphatic rings. The molecule has 6 heteroatoms. The van der Waals surface area contributed by atoms with Gasteiger partial charge in [-0.3, -0.25) is 4.79 Å². The van der Waals surface area contributed by atoms with Gasteiger partial charge in [-0.2, -0.15) is 4.98 Å². The van der Waals surface area contributed by atoms with Gasteiger partial charge >= 0.3 is 5.97 Å². The molecule has 0 saturated heterocycles. The SMILES string of the molecule is COc1ccc2cc(COC(=O)CCCc3nc(C(C)(C)C)no3)ccc2c1. The molecule has 0 aliphatic heterocycles. The van der Waals surface area contributed by atoms with E-state index >= 15 is 0 Å². The Hall–Kier alpha value is -2.89. The first-order valence-electron chi connectivity index (χ1n) is 9.40. The molecule has 0 saturated carbocycles. The Morgan fingerprint density at radius 1 is 1.11 bits per heavy atom. The first-order valence-corrected chi connectivity index (χ1v) is 9.40. The molecule has 2 aromatic carbocycles. The average Bonchev–Trinajstić information content (AvgIpc) is 3.15. The predicted molar refractivity (Wildman–Crippen MR) is 106 cm³/mol. The summed E-state index contributed by atoms with van der Waals surface area (Å²) in [6, 6.07) is 11.9. The molecule has 0 N–H and O–H groups in total. The Labute approximate surface area is 164 Å². The lowest BCUT2D eigenvalue weighted by molar-refractivity contribution is -0.145. The Bertz CT molecular complexity index is 957. The standard InChI is InChI=1S/C22H26N2O4/c1-22(2,3)21-23-19(28-24-21)6-5-7-20(25)27-14-15-8-9-17-13-18(26-4)11-10-16(17)12-15/h8-13H,5-7,14H2,1-4H3. The molecule has 3 rings (SSSR count). The van der Waals surface area contributed by atoms with Crippen LogP contribution in [-0.2, 0) is 28.0 Å². The van der Waals surface area contributed by atoms with Gasteiger partial charge in [0.2, 0.25) is 5.89 Å². The van der Waals surface area contributed by atoms with E-state index in [2.05, 4.69) is 10.1 Å². The zero-order valence-electron chi connectivity index (χ0n) is 16.8. The van der Waals surface area contributed by atoms with Crippen LogP contribution < -0.4 is 4.74 Å². The van der Waals surface area contributed by atoms with E-state index in [-0.39, 0.29) is 18.0 Å². The second-order valence-corrected chi connectivity index (χ2v) is 7.82. The van der Waals surface area contributed by atoms with Crippen molar-refractivity contribution < 1.29 is 18.8 Å². The van der Waals surface area contributed by atoms with Crippen LogP contribution in [0.2, 0.25) is 0 Å². The number of ether oxygens (including phenoxy) is 2. The number of aryl methyl sites for hydroxylation is 1. The van der Waals surface area contributed by atoms with Crippen molar-refractivity contribution >= 4 is 16.7 Å². The molecule has 0 aliphatic carbocycles. The molecule has 148 valence electrons. The lowest BCUT2D eigenvalue weighted by atomic mass is 9.96. The smallest absolute Gasteiger partial charge is 0.306 e. The third-order valence-electron chi connectivity index (χ3n) is 4.42. The fraction of sp³-hybridized carbons (Fsp3) is 0.409. The molecular formula is C22H26N2O4. The Morgan fingerprint density at radius 3 is 2.57 bits per heavy atom. The van der Waals surface area contributed by atoms with E-state index in [4.69, 9.17) is 14.0 Å². The fourth-order valence-electron chi connectivity index (χ4n) is 2.77. The van der Waals surface area contributed by atoms with Gasteiger partial charge in [0.25, 0.3) is 0 Å². The first kappa shape index (κ1) is 19.9. The zero-order valence-corrected chi connectivity index (χ0v) is 16.8. The van der Waals surface area contributed by atoms with Gasteiger partial charge in [0.1, 0.15) is 12.4 Å². The van der Waals surface area contributed by atoms with Crippen molar-refractivity contribution in [3.8, 4) is 5.75 Å². The quantitative estimate of drug-likeness (QED) is 0.556. The van der Waals surface area contributed by atoms with Crippen LogP contribution in [0.4, 0.5) is 0 Å². The van der Waals surface area contributed by atoms with Crippen molar-refractivity contribution in [2.45, 2.75) is 52.1 Å². The maximum Gasteiger partial charge on any atom is 0.306 e. The molecule has 0 amide bonds. The molecule has 0 bridgehead atoms. The molecule has 3 aromatic rings. The lowest BCUT2D eigenvalue weighted by Gasteiger charge is -2.10. The van der Waals surface area contributed by atoms with Crippen molar-refractivity contribution in [1.82, 2.24) is 10.1 Å². The Morgan fingerprint density at radius 2 is 1.86 bits per heavy atom. The van der Waals surface area contributed by atoms with Crippen LogP contribution in [0.3, 0.4) is 0 Å². The van der Waals surface area contributed by atoms with E-state index in [0.29, 0.717) is 31.0 Å². The highest BCUT2D eigenvalue weighted by molar-refractivity contribution is 5.84. The summed E-state index contributed by atoms with van der Waals surface area (Å²) in [5.74, 6) is 1.83. The van der Waals surface area contributed by atoms with Gasteiger partial charge in [-0.05, 0) is 41.0 Å². The van der Waals surface area contributed by atoms with Crippen LogP contribution >= 0.6 is 0 Å². The molecule has 0 unspecified atom stereocenters. The molecule has 0 spiro atoms. The highest BCUT2D eigenvalue weighted by Gasteiger charge is 2.20. The summed E-state index contributed by atoms with van der Waals surface area (Å²) in [6.07, 6.45) is 1.50. The van der Waals surface area contributed by atoms with Crippen LogP contribution in [0, 0.1) is 0 Å². The lowest BCUT2D eigenvalue weighted by Crippen LogP contribution is -2.13. The second-order valence-electron chi connectivity index (χ2n) is 7.82. The maximum absolute atomic E-state index is 12.0. The number of hydrogen-bond donors (Lipinski definition) is 0. The van der Waals surface area contributed by atoms with Crippen LogP contribution in [0.1, 0.15) is 50.9 Å². The fourth-order valence-corrected chi connectivity index (χ4v) is 2.77. The van der Waals surface area contributed by atoms with E-state index in [1.807, 2.05) is 57.2 Å². The van der Waals surface area contributed by atoms with Gasteiger partial charge in [0.15, 0.2) is 5.82 Å². The summed E-state index contributed by atoms with van der Waals surface area (Å²) in [7, 11) is 1.65. The van der Waals surface area contributed by atoms with Crippen molar-refractivity contribution in [2.24, 2.45) is 0 Å². The third kappa shape index (κ3) is 5.09. The van der Waals surface area contributed by atoms with Gasteiger partial charge in [0.05, 0.1) is 7.11 Å². The predicted octanol–water partition coefficient (Wildman–Crippen LogP) is 4.60. The van der Waals surface area contributed by atoms with Crippen LogP contribution in [0.25, 0.3) is 10.8 Å². The van der Waals surface area contributed by atoms with Crippen LogP contribution in [0.15, 0.2) is 40.9 Å². The number of esters is 1. The normalized spacial score (nSPS) is 11.6. The number of carbonyl (C=O) groups is 1. The first-order chi connectivity index (χ1) is 13.3. The van der Waals surface area contributed by atoms with Crippen LogP contribution in [-0.4, -0.2) is 23.2 Å². The van der Waals surface area contributed by atoms with E-state index in [9.17, 15) is 4.79 Å². The van der Waals surface area contributed by atoms with E-state index in [1.54, 1.807) is 7.11 Å². The summed E-state index contributed by atoms with van der Waals surface area (Å²) < 4.78 is 15.9. The third-order valence-corrected chi connectivity index (χ3v) is 4.42. The largest absolute Gasteiger partial charge is 0.497 e. The highest BCUT2D eigenvalue weighted by atomic mass is 16.5. The summed E-state index contributed by atoms with van der Waals surface area (Å²) in [5.41, 5.74) is 0.809. The van der Waals surface area contributed by atoms with Gasteiger partial charge in [-0.15, -0.1) is 0 Å².